The Kier molecular flexibility index (Phi) is 9.69. The first kappa shape index (κ1) is 30.5. The number of H-pyrrole nitrogens is 1. The maximum atomic E-state index is 14.0. The minimum atomic E-state index is -1.23. The van der Waals surface area contributed by atoms with E-state index in [-0.39, 0.29) is 36.0 Å². The highest BCUT2D eigenvalue weighted by Gasteiger charge is 2.31. The first-order valence-electron chi connectivity index (χ1n) is 14.9. The number of carboxylic acid groups (broad SMARTS) is 1. The average molecular weight is 597 g/mol. The molecule has 0 bridgehead atoms. The van der Waals surface area contributed by atoms with Gasteiger partial charge in [-0.2, -0.15) is 0 Å². The van der Waals surface area contributed by atoms with Crippen LogP contribution >= 0.6 is 0 Å². The molecule has 0 aliphatic heterocycles. The number of aromatic amines is 1. The summed E-state index contributed by atoms with van der Waals surface area (Å²) in [6, 6.07) is 22.8. The number of nitrogens with one attached hydrogen (secondary N) is 3. The minimum Gasteiger partial charge on any atom is -0.481 e. The molecule has 3 aromatic carbocycles. The van der Waals surface area contributed by atoms with Crippen molar-refractivity contribution in [2.75, 3.05) is 6.54 Å². The quantitative estimate of drug-likeness (QED) is 0.209. The van der Waals surface area contributed by atoms with Crippen LogP contribution in [0.25, 0.3) is 10.9 Å². The Morgan fingerprint density at radius 2 is 1.39 bits per heavy atom. The normalized spacial score (nSPS) is 17.8. The number of nitrogens with zero attached hydrogens (tertiary/aromatic N) is 1. The summed E-state index contributed by atoms with van der Waals surface area (Å²) in [5.74, 6) is -2.01. The summed E-state index contributed by atoms with van der Waals surface area (Å²) in [7, 11) is 0. The van der Waals surface area contributed by atoms with Gasteiger partial charge in [-0.1, -0.05) is 72.8 Å². The van der Waals surface area contributed by atoms with Gasteiger partial charge in [0, 0.05) is 19.4 Å². The van der Waals surface area contributed by atoms with Crippen LogP contribution in [0.4, 0.5) is 0 Å². The van der Waals surface area contributed by atoms with E-state index in [4.69, 9.17) is 0 Å². The fraction of sp³-hybridized carbons (Fsp3) is 0.324. The lowest BCUT2D eigenvalue weighted by atomic mass is 9.82. The highest BCUT2D eigenvalue weighted by Crippen LogP contribution is 2.28. The predicted molar refractivity (Wildman–Crippen MR) is 166 cm³/mol. The van der Waals surface area contributed by atoms with Crippen molar-refractivity contribution >= 4 is 28.7 Å². The smallest absolute Gasteiger partial charge is 0.329 e. The Labute approximate surface area is 254 Å². The monoisotopic (exact) mass is 596 g/mol. The topological polar surface area (TPSA) is 150 Å². The van der Waals surface area contributed by atoms with Crippen molar-refractivity contribution in [3.63, 3.8) is 0 Å². The van der Waals surface area contributed by atoms with Crippen LogP contribution in [0.3, 0.4) is 0 Å². The number of amides is 2. The Morgan fingerprint density at radius 3 is 2.02 bits per heavy atom. The van der Waals surface area contributed by atoms with Crippen molar-refractivity contribution in [3.8, 4) is 0 Å². The van der Waals surface area contributed by atoms with Crippen LogP contribution in [0.2, 0.25) is 0 Å². The van der Waals surface area contributed by atoms with Gasteiger partial charge < -0.3 is 20.7 Å². The molecule has 0 radical (unpaired) electrons. The Morgan fingerprint density at radius 1 is 0.795 bits per heavy atom. The predicted octanol–water partition coefficient (Wildman–Crippen LogP) is 3.21. The third-order valence-corrected chi connectivity index (χ3v) is 8.40. The Balaban J connectivity index is 1.41. The molecule has 44 heavy (non-hydrogen) atoms. The second-order valence-corrected chi connectivity index (χ2v) is 11.4. The summed E-state index contributed by atoms with van der Waals surface area (Å²) < 4.78 is 0.934. The molecule has 5 rings (SSSR count). The van der Waals surface area contributed by atoms with E-state index in [1.807, 2.05) is 60.7 Å². The number of hydrogen-bond acceptors (Lipinski definition) is 5. The van der Waals surface area contributed by atoms with E-state index in [0.29, 0.717) is 37.7 Å². The molecule has 10 nitrogen and oxygen atoms in total. The van der Waals surface area contributed by atoms with Crippen LogP contribution in [-0.4, -0.2) is 45.0 Å². The molecule has 228 valence electrons. The molecule has 4 aromatic rings. The molecule has 10 heteroatoms. The number of benzene rings is 3. The highest BCUT2D eigenvalue weighted by atomic mass is 16.4. The van der Waals surface area contributed by atoms with E-state index < -0.39 is 35.2 Å². The molecule has 1 fully saturated rings. The molecular formula is C34H36N4O6. The lowest BCUT2D eigenvalue weighted by molar-refractivity contribution is -0.143. The third-order valence-electron chi connectivity index (χ3n) is 8.40. The number of hydrogen-bond donors (Lipinski definition) is 4. The first-order chi connectivity index (χ1) is 21.3. The van der Waals surface area contributed by atoms with Crippen molar-refractivity contribution in [3.05, 3.63) is 117 Å². The number of para-hydroxylation sites is 1. The van der Waals surface area contributed by atoms with Crippen molar-refractivity contribution in [1.29, 1.82) is 0 Å². The number of carbonyl (C=O) groups is 3. The van der Waals surface area contributed by atoms with Gasteiger partial charge in [0.2, 0.25) is 11.8 Å². The van der Waals surface area contributed by atoms with Crippen molar-refractivity contribution < 1.29 is 19.5 Å². The second kappa shape index (κ2) is 14.0. The number of aliphatic carboxylic acids is 1. The standard InChI is InChI=1S/C34H36N4O6/c39-30(35-21-24-15-17-25(18-16-24)33(42)43)28(19-22-9-3-1-4-10-22)36-31(40)29(20-23-11-5-2-6-12-23)38-32(41)26-13-7-8-14-27(26)37-34(38)44/h1-14,24-25,28-29H,15-21H2,(H,35,39)(H,36,40)(H,37,44)(H,42,43)/t24?,25?,28-,29+/m0/s1. The molecule has 1 saturated carbocycles. The summed E-state index contributed by atoms with van der Waals surface area (Å²) >= 11 is 0. The summed E-state index contributed by atoms with van der Waals surface area (Å²) in [6.07, 6.45) is 2.78. The van der Waals surface area contributed by atoms with Crippen LogP contribution in [0.15, 0.2) is 94.5 Å². The molecule has 1 aliphatic rings. The Hall–Kier alpha value is -4.99. The van der Waals surface area contributed by atoms with Gasteiger partial charge in [-0.15, -0.1) is 0 Å². The van der Waals surface area contributed by atoms with Gasteiger partial charge in [0.05, 0.1) is 16.8 Å². The Bertz CT molecular complexity index is 1730. The maximum absolute atomic E-state index is 14.0. The summed E-state index contributed by atoms with van der Waals surface area (Å²) in [5.41, 5.74) is 0.631. The number of rotatable bonds is 11. The zero-order valence-electron chi connectivity index (χ0n) is 24.3. The first-order valence-corrected chi connectivity index (χ1v) is 14.9. The minimum absolute atomic E-state index is 0.0560. The lowest BCUT2D eigenvalue weighted by Crippen LogP contribution is -2.53. The van der Waals surface area contributed by atoms with Gasteiger partial charge in [-0.3, -0.25) is 19.2 Å². The van der Waals surface area contributed by atoms with Gasteiger partial charge in [0.25, 0.3) is 5.56 Å². The van der Waals surface area contributed by atoms with E-state index in [9.17, 15) is 29.1 Å². The van der Waals surface area contributed by atoms with Gasteiger partial charge in [-0.25, -0.2) is 9.36 Å². The van der Waals surface area contributed by atoms with E-state index in [1.54, 1.807) is 24.3 Å². The largest absolute Gasteiger partial charge is 0.481 e. The maximum Gasteiger partial charge on any atom is 0.329 e. The molecule has 1 aromatic heterocycles. The van der Waals surface area contributed by atoms with E-state index in [1.165, 1.54) is 0 Å². The molecular weight excluding hydrogens is 560 g/mol. The second-order valence-electron chi connectivity index (χ2n) is 11.4. The summed E-state index contributed by atoms with van der Waals surface area (Å²) in [5, 5.41) is 15.4. The van der Waals surface area contributed by atoms with Crippen molar-refractivity contribution in [1.82, 2.24) is 20.2 Å². The van der Waals surface area contributed by atoms with Crippen molar-refractivity contribution in [2.24, 2.45) is 11.8 Å². The molecule has 4 N–H and O–H groups in total. The van der Waals surface area contributed by atoms with Crippen LogP contribution in [-0.2, 0) is 27.2 Å². The van der Waals surface area contributed by atoms with Gasteiger partial charge in [0.15, 0.2) is 0 Å². The number of aromatic nitrogens is 2. The molecule has 1 aliphatic carbocycles. The number of carbonyl (C=O) groups excluding carboxylic acids is 2. The van der Waals surface area contributed by atoms with Gasteiger partial charge in [0.1, 0.15) is 12.1 Å². The molecule has 0 saturated heterocycles. The highest BCUT2D eigenvalue weighted by molar-refractivity contribution is 5.89. The molecule has 1 heterocycles. The van der Waals surface area contributed by atoms with Crippen LogP contribution in [0.5, 0.6) is 0 Å². The van der Waals surface area contributed by atoms with Crippen LogP contribution in [0, 0.1) is 11.8 Å². The fourth-order valence-electron chi connectivity index (χ4n) is 5.91. The van der Waals surface area contributed by atoms with Gasteiger partial charge >= 0.3 is 11.7 Å². The summed E-state index contributed by atoms with van der Waals surface area (Å²) in [4.78, 5) is 68.5. The molecule has 2 atom stereocenters. The summed E-state index contributed by atoms with van der Waals surface area (Å²) in [6.45, 7) is 0.365. The van der Waals surface area contributed by atoms with E-state index in [2.05, 4.69) is 15.6 Å². The zero-order valence-corrected chi connectivity index (χ0v) is 24.3. The molecule has 2 amide bonds. The van der Waals surface area contributed by atoms with Crippen LogP contribution < -0.4 is 21.9 Å². The zero-order chi connectivity index (χ0) is 31.1. The van der Waals surface area contributed by atoms with Crippen LogP contribution in [0.1, 0.15) is 42.9 Å². The van der Waals surface area contributed by atoms with E-state index in [0.717, 1.165) is 15.7 Å². The SMILES string of the molecule is O=C(O)C1CCC(CNC(=O)[C@H](Cc2ccccc2)NC(=O)[C@@H](Cc2ccccc2)n2c(=O)[nH]c3ccccc3c2=O)CC1. The molecule has 0 unspecified atom stereocenters. The van der Waals surface area contributed by atoms with E-state index >= 15 is 0 Å². The third kappa shape index (κ3) is 7.31. The average Bonchev–Trinajstić information content (AvgIpc) is 3.04. The lowest BCUT2D eigenvalue weighted by Gasteiger charge is -2.27. The fourth-order valence-corrected chi connectivity index (χ4v) is 5.91. The number of carboxylic acids is 1. The van der Waals surface area contributed by atoms with Crippen molar-refractivity contribution in [2.45, 2.75) is 50.6 Å². The number of fused-ring (bicyclic) bond motifs is 1. The van der Waals surface area contributed by atoms with Gasteiger partial charge in [-0.05, 0) is 54.9 Å². The molecule has 0 spiro atoms.